The molecule has 0 bridgehead atoms. The van der Waals surface area contributed by atoms with E-state index < -0.39 is 0 Å². The van der Waals surface area contributed by atoms with Gasteiger partial charge in [-0.25, -0.2) is 0 Å². The van der Waals surface area contributed by atoms with Crippen LogP contribution in [0.4, 0.5) is 0 Å². The highest BCUT2D eigenvalue weighted by atomic mass is 35.7. The lowest BCUT2D eigenvalue weighted by Crippen LogP contribution is -1.65. The van der Waals surface area contributed by atoms with E-state index in [1.54, 1.807) is 0 Å². The van der Waals surface area contributed by atoms with Gasteiger partial charge < -0.3 is 0 Å². The summed E-state index contributed by atoms with van der Waals surface area (Å²) in [6.45, 7) is 0. The summed E-state index contributed by atoms with van der Waals surface area (Å²) in [6.07, 6.45) is 1.97. The number of hydrogen-bond acceptors (Lipinski definition) is 1. The third-order valence-corrected chi connectivity index (χ3v) is 1.66. The van der Waals surface area contributed by atoms with Gasteiger partial charge in [0.15, 0.2) is 0 Å². The van der Waals surface area contributed by atoms with Gasteiger partial charge in [-0.15, -0.1) is 0 Å². The molecule has 0 saturated carbocycles. The quantitative estimate of drug-likeness (QED) is 0.654. The summed E-state index contributed by atoms with van der Waals surface area (Å²) >= 11 is 0. The summed E-state index contributed by atoms with van der Waals surface area (Å²) in [4.78, 5) is 0. The first kappa shape index (κ1) is 7.70. The van der Waals surface area contributed by atoms with E-state index in [1.807, 2.05) is 41.8 Å². The first-order chi connectivity index (χ1) is 4.93. The van der Waals surface area contributed by atoms with Crippen molar-refractivity contribution in [2.75, 3.05) is 0 Å². The minimum atomic E-state index is 1.18. The molecule has 0 aliphatic rings. The number of hydrogen-bond donors (Lipinski definition) is 0. The average Bonchev–Trinajstić information content (AvgIpc) is 2.03. The molecule has 0 atom stereocenters. The van der Waals surface area contributed by atoms with E-state index in [4.69, 9.17) is 10.7 Å². The van der Waals surface area contributed by atoms with E-state index in [0.717, 1.165) is 0 Å². The van der Waals surface area contributed by atoms with E-state index in [0.29, 0.717) is 0 Å². The van der Waals surface area contributed by atoms with E-state index in [1.165, 1.54) is 16.5 Å². The zero-order valence-corrected chi connectivity index (χ0v) is 6.90. The second kappa shape index (κ2) is 4.42. The number of rotatable bonds is 2. The van der Waals surface area contributed by atoms with Crippen molar-refractivity contribution >= 4 is 27.7 Å². The van der Waals surface area contributed by atoms with Crippen molar-refractivity contribution in [2.24, 2.45) is 0 Å². The Hall–Kier alpha value is -0.400. The average molecular weight is 171 g/mol. The van der Waals surface area contributed by atoms with Crippen molar-refractivity contribution < 1.29 is 0 Å². The van der Waals surface area contributed by atoms with E-state index >= 15 is 0 Å². The van der Waals surface area contributed by atoms with Gasteiger partial charge in [-0.05, 0) is 38.7 Å². The van der Waals surface area contributed by atoms with Crippen LogP contribution in [0, 0.1) is 0 Å². The number of halogens is 1. The SMILES string of the molecule is ClSC=Cc1ccccc1. The lowest BCUT2D eigenvalue weighted by Gasteiger charge is -1.87. The summed E-state index contributed by atoms with van der Waals surface area (Å²) in [5.74, 6) is 0. The maximum absolute atomic E-state index is 5.38. The summed E-state index contributed by atoms with van der Waals surface area (Å²) in [6, 6.07) is 10.1. The molecule has 0 N–H and O–H groups in total. The van der Waals surface area contributed by atoms with Gasteiger partial charge in [0.05, 0.1) is 0 Å². The van der Waals surface area contributed by atoms with E-state index in [2.05, 4.69) is 0 Å². The van der Waals surface area contributed by atoms with Crippen molar-refractivity contribution in [1.82, 2.24) is 0 Å². The smallest absolute Gasteiger partial charge is 0.0125 e. The molecule has 0 heterocycles. The van der Waals surface area contributed by atoms with Crippen molar-refractivity contribution in [3.05, 3.63) is 41.3 Å². The highest BCUT2D eigenvalue weighted by molar-refractivity contribution is 8.23. The van der Waals surface area contributed by atoms with Gasteiger partial charge in [-0.2, -0.15) is 0 Å². The van der Waals surface area contributed by atoms with Crippen LogP contribution in [0.25, 0.3) is 6.08 Å². The maximum Gasteiger partial charge on any atom is -0.0125 e. The molecule has 1 rings (SSSR count). The first-order valence-corrected chi connectivity index (χ1v) is 4.63. The molecule has 0 nitrogen and oxygen atoms in total. The molecule has 10 heavy (non-hydrogen) atoms. The minimum Gasteiger partial charge on any atom is -0.0622 e. The van der Waals surface area contributed by atoms with Crippen molar-refractivity contribution in [3.8, 4) is 0 Å². The van der Waals surface area contributed by atoms with Gasteiger partial charge in [0.2, 0.25) is 0 Å². The van der Waals surface area contributed by atoms with Crippen molar-refractivity contribution in [2.45, 2.75) is 0 Å². The molecule has 0 unspecified atom stereocenters. The van der Waals surface area contributed by atoms with Crippen LogP contribution >= 0.6 is 21.7 Å². The Bertz CT molecular complexity index is 206. The zero-order chi connectivity index (χ0) is 7.23. The standard InChI is InChI=1S/C8H7ClS/c9-10-7-6-8-4-2-1-3-5-8/h1-7H. The molecule has 0 amide bonds. The highest BCUT2D eigenvalue weighted by Crippen LogP contribution is 2.10. The van der Waals surface area contributed by atoms with Gasteiger partial charge in [0.1, 0.15) is 0 Å². The summed E-state index contributed by atoms with van der Waals surface area (Å²) in [5.41, 5.74) is 1.18. The molecule has 1 aromatic carbocycles. The van der Waals surface area contributed by atoms with Crippen LogP contribution in [-0.4, -0.2) is 0 Å². The Balaban J connectivity index is 2.67. The Morgan fingerprint density at radius 3 is 2.50 bits per heavy atom. The molecular weight excluding hydrogens is 164 g/mol. The molecule has 52 valence electrons. The van der Waals surface area contributed by atoms with Gasteiger partial charge in [-0.1, -0.05) is 30.3 Å². The van der Waals surface area contributed by atoms with Crippen LogP contribution in [-0.2, 0) is 0 Å². The highest BCUT2D eigenvalue weighted by Gasteiger charge is 1.79. The fourth-order valence-electron chi connectivity index (χ4n) is 0.668. The van der Waals surface area contributed by atoms with Crippen LogP contribution < -0.4 is 0 Å². The summed E-state index contributed by atoms with van der Waals surface area (Å²) in [7, 11) is 6.57. The van der Waals surface area contributed by atoms with E-state index in [9.17, 15) is 0 Å². The molecule has 0 saturated heterocycles. The molecule has 0 fully saturated rings. The minimum absolute atomic E-state index is 1.18. The summed E-state index contributed by atoms with van der Waals surface area (Å²) in [5, 5.41) is 1.84. The van der Waals surface area contributed by atoms with E-state index in [-0.39, 0.29) is 0 Å². The van der Waals surface area contributed by atoms with Gasteiger partial charge in [0, 0.05) is 0 Å². The molecule has 0 aromatic heterocycles. The van der Waals surface area contributed by atoms with Crippen LogP contribution in [0.5, 0.6) is 0 Å². The van der Waals surface area contributed by atoms with Gasteiger partial charge >= 0.3 is 0 Å². The van der Waals surface area contributed by atoms with Gasteiger partial charge in [0.25, 0.3) is 0 Å². The Labute approximate surface area is 69.4 Å². The van der Waals surface area contributed by atoms with Crippen molar-refractivity contribution in [1.29, 1.82) is 0 Å². The number of benzene rings is 1. The normalized spacial score (nSPS) is 10.5. The second-order valence-corrected chi connectivity index (χ2v) is 2.79. The van der Waals surface area contributed by atoms with Gasteiger partial charge in [-0.3, -0.25) is 0 Å². The Morgan fingerprint density at radius 1 is 1.20 bits per heavy atom. The molecule has 0 aliphatic heterocycles. The zero-order valence-electron chi connectivity index (χ0n) is 5.33. The Kier molecular flexibility index (Phi) is 3.41. The van der Waals surface area contributed by atoms with Crippen LogP contribution in [0.15, 0.2) is 35.7 Å². The summed E-state index contributed by atoms with van der Waals surface area (Å²) < 4.78 is 0. The fraction of sp³-hybridized carbons (Fsp3) is 0. The molecule has 2 heteroatoms. The first-order valence-electron chi connectivity index (χ1n) is 2.92. The largest absolute Gasteiger partial charge is 0.0622 e. The molecule has 0 spiro atoms. The van der Waals surface area contributed by atoms with Crippen molar-refractivity contribution in [3.63, 3.8) is 0 Å². The lowest BCUT2D eigenvalue weighted by molar-refractivity contribution is 1.67. The topological polar surface area (TPSA) is 0 Å². The third kappa shape index (κ3) is 2.46. The molecule has 1 aromatic rings. The monoisotopic (exact) mass is 170 g/mol. The molecular formula is C8H7ClS. The fourth-order valence-corrected chi connectivity index (χ4v) is 1.03. The van der Waals surface area contributed by atoms with Crippen LogP contribution in [0.1, 0.15) is 5.56 Å². The van der Waals surface area contributed by atoms with Crippen LogP contribution in [0.2, 0.25) is 0 Å². The lowest BCUT2D eigenvalue weighted by atomic mass is 10.2. The molecule has 0 radical (unpaired) electrons. The maximum atomic E-state index is 5.38. The van der Waals surface area contributed by atoms with Crippen LogP contribution in [0.3, 0.4) is 0 Å². The molecule has 0 aliphatic carbocycles. The second-order valence-electron chi connectivity index (χ2n) is 1.80. The third-order valence-electron chi connectivity index (χ3n) is 1.11. The Morgan fingerprint density at radius 2 is 1.90 bits per heavy atom. The predicted octanol–water partition coefficient (Wildman–Crippen LogP) is 3.54. The predicted molar refractivity (Wildman–Crippen MR) is 48.9 cm³/mol.